The normalized spacial score (nSPS) is 10.8. The summed E-state index contributed by atoms with van der Waals surface area (Å²) < 4.78 is 3.31. The second-order valence-electron chi connectivity index (χ2n) is 3.90. The number of aryl methyl sites for hydroxylation is 2. The second kappa shape index (κ2) is 4.50. The smallest absolute Gasteiger partial charge is 0.255 e. The summed E-state index contributed by atoms with van der Waals surface area (Å²) in [5.74, 6) is 0.740. The van der Waals surface area contributed by atoms with Crippen LogP contribution in [0.15, 0.2) is 23.3 Å². The van der Waals surface area contributed by atoms with Crippen LogP contribution in [0.2, 0.25) is 0 Å². The van der Waals surface area contributed by atoms with Gasteiger partial charge in [-0.2, -0.15) is 5.10 Å². The topological polar surface area (TPSA) is 78.7 Å². The van der Waals surface area contributed by atoms with Gasteiger partial charge in [-0.1, -0.05) is 6.07 Å². The quantitative estimate of drug-likeness (QED) is 0.795. The van der Waals surface area contributed by atoms with Gasteiger partial charge in [0.2, 0.25) is 0 Å². The number of pyridine rings is 1. The zero-order valence-corrected chi connectivity index (χ0v) is 9.92. The highest BCUT2D eigenvalue weighted by molar-refractivity contribution is 5.16. The van der Waals surface area contributed by atoms with Gasteiger partial charge in [-0.05, 0) is 13.0 Å². The minimum Gasteiger partial charge on any atom is -0.326 e. The minimum atomic E-state index is -0.0597. The van der Waals surface area contributed by atoms with Crippen LogP contribution in [0, 0.1) is 6.92 Å². The van der Waals surface area contributed by atoms with Gasteiger partial charge in [-0.25, -0.2) is 4.98 Å². The molecule has 2 heterocycles. The third kappa shape index (κ3) is 2.12. The van der Waals surface area contributed by atoms with Gasteiger partial charge in [0.25, 0.3) is 5.56 Å². The molecule has 0 spiro atoms. The van der Waals surface area contributed by atoms with E-state index in [-0.39, 0.29) is 12.1 Å². The molecule has 2 rings (SSSR count). The van der Waals surface area contributed by atoms with Crippen molar-refractivity contribution < 1.29 is 0 Å². The van der Waals surface area contributed by atoms with E-state index in [1.165, 1.54) is 6.33 Å². The molecule has 0 saturated heterocycles. The van der Waals surface area contributed by atoms with Crippen LogP contribution in [0.5, 0.6) is 0 Å². The lowest BCUT2D eigenvalue weighted by molar-refractivity contribution is 0.625. The van der Waals surface area contributed by atoms with E-state index in [4.69, 9.17) is 5.73 Å². The Balaban J connectivity index is 2.46. The van der Waals surface area contributed by atoms with E-state index in [9.17, 15) is 4.79 Å². The number of hydrogen-bond acceptors (Lipinski definition) is 4. The molecule has 2 aromatic heterocycles. The summed E-state index contributed by atoms with van der Waals surface area (Å²) in [4.78, 5) is 16.2. The van der Waals surface area contributed by atoms with Crippen molar-refractivity contribution >= 4 is 0 Å². The maximum Gasteiger partial charge on any atom is 0.255 e. The van der Waals surface area contributed by atoms with Crippen molar-refractivity contribution in [1.29, 1.82) is 0 Å². The zero-order valence-electron chi connectivity index (χ0n) is 9.92. The number of hydrogen-bond donors (Lipinski definition) is 1. The van der Waals surface area contributed by atoms with Gasteiger partial charge in [-0.3, -0.25) is 9.48 Å². The fourth-order valence-electron chi connectivity index (χ4n) is 1.67. The summed E-state index contributed by atoms with van der Waals surface area (Å²) in [6, 6.07) is 3.66. The average molecular weight is 233 g/mol. The lowest BCUT2D eigenvalue weighted by Gasteiger charge is -2.10. The van der Waals surface area contributed by atoms with Crippen molar-refractivity contribution in [2.45, 2.75) is 20.0 Å². The van der Waals surface area contributed by atoms with E-state index in [0.29, 0.717) is 12.1 Å². The first-order chi connectivity index (χ1) is 8.13. The van der Waals surface area contributed by atoms with Gasteiger partial charge < -0.3 is 10.3 Å². The van der Waals surface area contributed by atoms with Crippen LogP contribution in [0.3, 0.4) is 0 Å². The van der Waals surface area contributed by atoms with Crippen molar-refractivity contribution in [3.05, 3.63) is 45.9 Å². The molecule has 0 aliphatic heterocycles. The Labute approximate surface area is 98.7 Å². The van der Waals surface area contributed by atoms with Crippen LogP contribution in [0.1, 0.15) is 17.1 Å². The van der Waals surface area contributed by atoms with Gasteiger partial charge in [0.05, 0.1) is 6.54 Å². The summed E-state index contributed by atoms with van der Waals surface area (Å²) >= 11 is 0. The lowest BCUT2D eigenvalue weighted by Crippen LogP contribution is -2.28. The highest BCUT2D eigenvalue weighted by Crippen LogP contribution is 2.01. The van der Waals surface area contributed by atoms with Gasteiger partial charge in [0.15, 0.2) is 0 Å². The van der Waals surface area contributed by atoms with Gasteiger partial charge in [0.1, 0.15) is 12.2 Å². The van der Waals surface area contributed by atoms with Crippen LogP contribution < -0.4 is 11.3 Å². The molecule has 2 aromatic rings. The van der Waals surface area contributed by atoms with Crippen LogP contribution in [-0.4, -0.2) is 19.3 Å². The molecule has 0 aromatic carbocycles. The third-order valence-electron chi connectivity index (χ3n) is 2.80. The summed E-state index contributed by atoms with van der Waals surface area (Å²) in [6.07, 6.45) is 1.47. The van der Waals surface area contributed by atoms with E-state index in [1.807, 2.05) is 13.0 Å². The molecule has 0 fully saturated rings. The standard InChI is InChI=1S/C11H15N5O/c1-8-3-4-9(5-12)11(17)16(8)6-10-13-7-14-15(10)2/h3-4,7H,5-6,12H2,1-2H3. The zero-order chi connectivity index (χ0) is 12.4. The van der Waals surface area contributed by atoms with Crippen molar-refractivity contribution in [2.24, 2.45) is 12.8 Å². The Morgan fingerprint density at radius 3 is 2.76 bits per heavy atom. The van der Waals surface area contributed by atoms with Crippen LogP contribution in [-0.2, 0) is 20.1 Å². The van der Waals surface area contributed by atoms with Crippen LogP contribution >= 0.6 is 0 Å². The molecular formula is C11H15N5O. The Morgan fingerprint density at radius 1 is 1.41 bits per heavy atom. The average Bonchev–Trinajstić information content (AvgIpc) is 2.70. The molecule has 0 amide bonds. The number of aromatic nitrogens is 4. The van der Waals surface area contributed by atoms with Crippen LogP contribution in [0.25, 0.3) is 0 Å². The predicted octanol–water partition coefficient (Wildman–Crippen LogP) is -0.208. The van der Waals surface area contributed by atoms with Crippen molar-refractivity contribution in [2.75, 3.05) is 0 Å². The van der Waals surface area contributed by atoms with Gasteiger partial charge in [0, 0.05) is 24.8 Å². The molecule has 0 atom stereocenters. The third-order valence-corrected chi connectivity index (χ3v) is 2.80. The first kappa shape index (κ1) is 11.5. The Kier molecular flexibility index (Phi) is 3.06. The molecule has 6 heteroatoms. The molecule has 90 valence electrons. The summed E-state index contributed by atoms with van der Waals surface area (Å²) in [5, 5.41) is 3.98. The molecule has 2 N–H and O–H groups in total. The fraction of sp³-hybridized carbons (Fsp3) is 0.364. The van der Waals surface area contributed by atoms with Gasteiger partial charge >= 0.3 is 0 Å². The molecule has 6 nitrogen and oxygen atoms in total. The number of rotatable bonds is 3. The minimum absolute atomic E-state index is 0.0597. The molecule has 0 radical (unpaired) electrons. The van der Waals surface area contributed by atoms with Gasteiger partial charge in [-0.15, -0.1) is 0 Å². The number of nitrogens with zero attached hydrogens (tertiary/aromatic N) is 4. The van der Waals surface area contributed by atoms with E-state index in [1.54, 1.807) is 22.4 Å². The predicted molar refractivity (Wildman–Crippen MR) is 63.4 cm³/mol. The molecular weight excluding hydrogens is 218 g/mol. The Bertz CT molecular complexity index is 584. The fourth-order valence-corrected chi connectivity index (χ4v) is 1.67. The molecule has 0 aliphatic rings. The SMILES string of the molecule is Cc1ccc(CN)c(=O)n1Cc1ncnn1C. The Hall–Kier alpha value is -1.95. The van der Waals surface area contributed by atoms with Crippen molar-refractivity contribution in [3.63, 3.8) is 0 Å². The van der Waals surface area contributed by atoms with Crippen LogP contribution in [0.4, 0.5) is 0 Å². The highest BCUT2D eigenvalue weighted by Gasteiger charge is 2.08. The van der Waals surface area contributed by atoms with E-state index >= 15 is 0 Å². The van der Waals surface area contributed by atoms with Crippen molar-refractivity contribution in [1.82, 2.24) is 19.3 Å². The maximum atomic E-state index is 12.1. The molecule has 0 aliphatic carbocycles. The van der Waals surface area contributed by atoms with E-state index in [2.05, 4.69) is 10.1 Å². The van der Waals surface area contributed by atoms with E-state index in [0.717, 1.165) is 11.5 Å². The van der Waals surface area contributed by atoms with Crippen molar-refractivity contribution in [3.8, 4) is 0 Å². The summed E-state index contributed by atoms with van der Waals surface area (Å²) in [7, 11) is 1.80. The molecule has 0 saturated carbocycles. The molecule has 17 heavy (non-hydrogen) atoms. The summed E-state index contributed by atoms with van der Waals surface area (Å²) in [5.41, 5.74) is 6.96. The first-order valence-corrected chi connectivity index (χ1v) is 5.35. The maximum absolute atomic E-state index is 12.1. The lowest BCUT2D eigenvalue weighted by atomic mass is 10.2. The monoisotopic (exact) mass is 233 g/mol. The summed E-state index contributed by atoms with van der Waals surface area (Å²) in [6.45, 7) is 2.55. The second-order valence-corrected chi connectivity index (χ2v) is 3.90. The molecule has 0 unspecified atom stereocenters. The first-order valence-electron chi connectivity index (χ1n) is 5.35. The number of nitrogens with two attached hydrogens (primary N) is 1. The molecule has 0 bridgehead atoms. The Morgan fingerprint density at radius 2 is 2.18 bits per heavy atom. The largest absolute Gasteiger partial charge is 0.326 e. The highest BCUT2D eigenvalue weighted by atomic mass is 16.1. The van der Waals surface area contributed by atoms with E-state index < -0.39 is 0 Å².